The molecule has 0 aliphatic carbocycles. The first-order chi connectivity index (χ1) is 8.18. The van der Waals surface area contributed by atoms with Gasteiger partial charge in [0, 0.05) is 25.2 Å². The molecule has 0 spiro atoms. The van der Waals surface area contributed by atoms with Crippen LogP contribution in [0.15, 0.2) is 24.3 Å². The van der Waals surface area contributed by atoms with Crippen LogP contribution in [0.25, 0.3) is 0 Å². The fraction of sp³-hybridized carbons (Fsp3) is 0.538. The van der Waals surface area contributed by atoms with E-state index in [0.717, 1.165) is 0 Å². The van der Waals surface area contributed by atoms with E-state index < -0.39 is 6.10 Å². The standard InChI is InChI=1S/C13H18FNO2/c14-11-3-1-2-10(8-11)12(16)13(9-15)4-6-17-7-5-13/h1-3,8,12,16H,4-7,9,15H2. The summed E-state index contributed by atoms with van der Waals surface area (Å²) in [4.78, 5) is 0. The van der Waals surface area contributed by atoms with Crippen LogP contribution in [0.3, 0.4) is 0 Å². The molecule has 2 rings (SSSR count). The second-order valence-corrected chi connectivity index (χ2v) is 4.64. The highest BCUT2D eigenvalue weighted by atomic mass is 19.1. The van der Waals surface area contributed by atoms with E-state index >= 15 is 0 Å². The third-order valence-corrected chi connectivity index (χ3v) is 3.64. The minimum absolute atomic E-state index is 0.333. The van der Waals surface area contributed by atoms with Gasteiger partial charge in [-0.05, 0) is 30.5 Å². The molecule has 1 unspecified atom stereocenters. The van der Waals surface area contributed by atoms with Gasteiger partial charge in [-0.1, -0.05) is 12.1 Å². The van der Waals surface area contributed by atoms with E-state index in [-0.39, 0.29) is 11.2 Å². The Morgan fingerprint density at radius 3 is 2.71 bits per heavy atom. The average molecular weight is 239 g/mol. The van der Waals surface area contributed by atoms with Crippen LogP contribution in [0, 0.1) is 11.2 Å². The summed E-state index contributed by atoms with van der Waals surface area (Å²) in [6.45, 7) is 1.58. The fourth-order valence-electron chi connectivity index (χ4n) is 2.40. The van der Waals surface area contributed by atoms with E-state index in [1.165, 1.54) is 12.1 Å². The van der Waals surface area contributed by atoms with Gasteiger partial charge < -0.3 is 15.6 Å². The van der Waals surface area contributed by atoms with Crippen molar-refractivity contribution in [2.45, 2.75) is 18.9 Å². The summed E-state index contributed by atoms with van der Waals surface area (Å²) < 4.78 is 18.5. The molecule has 0 radical (unpaired) electrons. The Hall–Kier alpha value is -0.970. The molecular weight excluding hydrogens is 221 g/mol. The van der Waals surface area contributed by atoms with E-state index in [0.29, 0.717) is 38.2 Å². The van der Waals surface area contributed by atoms with Crippen molar-refractivity contribution in [3.05, 3.63) is 35.6 Å². The number of aliphatic hydroxyl groups excluding tert-OH is 1. The number of hydrogen-bond acceptors (Lipinski definition) is 3. The number of ether oxygens (including phenoxy) is 1. The van der Waals surface area contributed by atoms with Gasteiger partial charge in [0.1, 0.15) is 5.82 Å². The van der Waals surface area contributed by atoms with Gasteiger partial charge in [-0.15, -0.1) is 0 Å². The van der Waals surface area contributed by atoms with Gasteiger partial charge in [-0.3, -0.25) is 0 Å². The van der Waals surface area contributed by atoms with Gasteiger partial charge in [0.25, 0.3) is 0 Å². The van der Waals surface area contributed by atoms with Crippen LogP contribution in [0.1, 0.15) is 24.5 Å². The molecule has 1 aliphatic heterocycles. The highest BCUT2D eigenvalue weighted by Gasteiger charge is 2.39. The van der Waals surface area contributed by atoms with E-state index in [1.807, 2.05) is 0 Å². The smallest absolute Gasteiger partial charge is 0.123 e. The van der Waals surface area contributed by atoms with Crippen molar-refractivity contribution in [2.75, 3.05) is 19.8 Å². The third kappa shape index (κ3) is 2.49. The van der Waals surface area contributed by atoms with Crippen LogP contribution in [-0.4, -0.2) is 24.9 Å². The summed E-state index contributed by atoms with van der Waals surface area (Å²) in [5, 5.41) is 10.4. The maximum atomic E-state index is 13.2. The molecule has 0 amide bonds. The predicted octanol–water partition coefficient (Wildman–Crippen LogP) is 1.61. The summed E-state index contributed by atoms with van der Waals surface area (Å²) in [7, 11) is 0. The predicted molar refractivity (Wildman–Crippen MR) is 62.9 cm³/mol. The van der Waals surface area contributed by atoms with E-state index in [4.69, 9.17) is 10.5 Å². The Labute approximate surface area is 100 Å². The zero-order valence-electron chi connectivity index (χ0n) is 9.73. The van der Waals surface area contributed by atoms with Crippen molar-refractivity contribution in [2.24, 2.45) is 11.1 Å². The molecule has 94 valence electrons. The first-order valence-electron chi connectivity index (χ1n) is 5.89. The molecule has 1 aliphatic rings. The zero-order valence-corrected chi connectivity index (χ0v) is 9.73. The lowest BCUT2D eigenvalue weighted by molar-refractivity contribution is -0.0582. The Morgan fingerprint density at radius 1 is 1.41 bits per heavy atom. The lowest BCUT2D eigenvalue weighted by atomic mass is 9.73. The summed E-state index contributed by atoms with van der Waals surface area (Å²) in [5.74, 6) is -0.333. The normalized spacial score (nSPS) is 21.1. The molecule has 1 aromatic rings. The van der Waals surface area contributed by atoms with Crippen LogP contribution in [0.4, 0.5) is 4.39 Å². The van der Waals surface area contributed by atoms with Gasteiger partial charge in [-0.25, -0.2) is 4.39 Å². The van der Waals surface area contributed by atoms with E-state index in [1.54, 1.807) is 12.1 Å². The molecule has 1 saturated heterocycles. The maximum Gasteiger partial charge on any atom is 0.123 e. The van der Waals surface area contributed by atoms with Gasteiger partial charge in [0.15, 0.2) is 0 Å². The molecule has 0 bridgehead atoms. The molecule has 17 heavy (non-hydrogen) atoms. The number of nitrogens with two attached hydrogens (primary N) is 1. The lowest BCUT2D eigenvalue weighted by Gasteiger charge is -2.40. The molecule has 4 heteroatoms. The third-order valence-electron chi connectivity index (χ3n) is 3.64. The fourth-order valence-corrected chi connectivity index (χ4v) is 2.40. The summed E-state index contributed by atoms with van der Waals surface area (Å²) in [6.07, 6.45) is 0.689. The Kier molecular flexibility index (Phi) is 3.76. The molecule has 1 aromatic carbocycles. The number of benzene rings is 1. The largest absolute Gasteiger partial charge is 0.388 e. The lowest BCUT2D eigenvalue weighted by Crippen LogP contribution is -2.41. The topological polar surface area (TPSA) is 55.5 Å². The van der Waals surface area contributed by atoms with E-state index in [2.05, 4.69) is 0 Å². The summed E-state index contributed by atoms with van der Waals surface area (Å²) in [5.41, 5.74) is 6.02. The monoisotopic (exact) mass is 239 g/mol. The molecule has 0 aromatic heterocycles. The Bertz CT molecular complexity index is 377. The summed E-state index contributed by atoms with van der Waals surface area (Å²) in [6, 6.07) is 6.09. The second kappa shape index (κ2) is 5.12. The number of halogens is 1. The van der Waals surface area contributed by atoms with Gasteiger partial charge in [-0.2, -0.15) is 0 Å². The molecular formula is C13H18FNO2. The summed E-state index contributed by atoms with van der Waals surface area (Å²) >= 11 is 0. The van der Waals surface area contributed by atoms with Crippen LogP contribution < -0.4 is 5.73 Å². The molecule has 0 saturated carbocycles. The number of aliphatic hydroxyl groups is 1. The quantitative estimate of drug-likeness (QED) is 0.842. The van der Waals surface area contributed by atoms with Gasteiger partial charge in [0.05, 0.1) is 6.10 Å². The van der Waals surface area contributed by atoms with Crippen LogP contribution in [0.5, 0.6) is 0 Å². The van der Waals surface area contributed by atoms with Crippen molar-refractivity contribution in [3.63, 3.8) is 0 Å². The highest BCUT2D eigenvalue weighted by Crippen LogP contribution is 2.41. The molecule has 3 N–H and O–H groups in total. The second-order valence-electron chi connectivity index (χ2n) is 4.64. The Balaban J connectivity index is 2.24. The molecule has 1 atom stereocenters. The van der Waals surface area contributed by atoms with Crippen LogP contribution in [-0.2, 0) is 4.74 Å². The maximum absolute atomic E-state index is 13.2. The van der Waals surface area contributed by atoms with Crippen LogP contribution >= 0.6 is 0 Å². The first kappa shape index (κ1) is 12.5. The molecule has 3 nitrogen and oxygen atoms in total. The van der Waals surface area contributed by atoms with Crippen molar-refractivity contribution in [3.8, 4) is 0 Å². The van der Waals surface area contributed by atoms with Gasteiger partial charge in [0.2, 0.25) is 0 Å². The zero-order chi connectivity index (χ0) is 12.3. The van der Waals surface area contributed by atoms with Crippen LogP contribution in [0.2, 0.25) is 0 Å². The number of hydrogen-bond donors (Lipinski definition) is 2. The van der Waals surface area contributed by atoms with Crippen molar-refractivity contribution >= 4 is 0 Å². The average Bonchev–Trinajstić information content (AvgIpc) is 2.38. The molecule has 1 heterocycles. The van der Waals surface area contributed by atoms with E-state index in [9.17, 15) is 9.50 Å². The SMILES string of the molecule is NCC1(C(O)c2cccc(F)c2)CCOCC1. The minimum Gasteiger partial charge on any atom is -0.388 e. The molecule has 1 fully saturated rings. The highest BCUT2D eigenvalue weighted by molar-refractivity contribution is 5.21. The number of rotatable bonds is 3. The Morgan fingerprint density at radius 2 is 2.12 bits per heavy atom. The van der Waals surface area contributed by atoms with Crippen molar-refractivity contribution in [1.82, 2.24) is 0 Å². The van der Waals surface area contributed by atoms with Crippen molar-refractivity contribution < 1.29 is 14.2 Å². The van der Waals surface area contributed by atoms with Crippen molar-refractivity contribution in [1.29, 1.82) is 0 Å². The van der Waals surface area contributed by atoms with Gasteiger partial charge >= 0.3 is 0 Å². The minimum atomic E-state index is -0.730. The first-order valence-corrected chi connectivity index (χ1v) is 5.89.